The Hall–Kier alpha value is -3.11. The van der Waals surface area contributed by atoms with Crippen molar-refractivity contribution in [1.82, 2.24) is 24.0 Å². The summed E-state index contributed by atoms with van der Waals surface area (Å²) in [5.41, 5.74) is 0.565. The van der Waals surface area contributed by atoms with E-state index in [-0.39, 0.29) is 24.3 Å². The van der Waals surface area contributed by atoms with E-state index >= 15 is 0 Å². The quantitative estimate of drug-likeness (QED) is 0.373. The second-order valence-corrected chi connectivity index (χ2v) is 7.96. The topological polar surface area (TPSA) is 117 Å². The zero-order valence-electron chi connectivity index (χ0n) is 19.8. The third-order valence-corrected chi connectivity index (χ3v) is 5.76. The first-order chi connectivity index (χ1) is 15.9. The fraction of sp³-hybridized carbons (Fsp3) is 0.522. The number of aliphatic hydroxyl groups excluding tert-OH is 1. The summed E-state index contributed by atoms with van der Waals surface area (Å²) >= 11 is 0. The number of benzene rings is 1. The van der Waals surface area contributed by atoms with Gasteiger partial charge in [0.1, 0.15) is 18.5 Å². The molecular formula is C23H34N6O4. The zero-order valence-corrected chi connectivity index (χ0v) is 19.8. The second kappa shape index (κ2) is 11.2. The first-order valence-corrected chi connectivity index (χ1v) is 11.4. The number of likely N-dealkylation sites (N-methyl/N-ethyl adjacent to an activating group) is 1. The molecule has 180 valence electrons. The number of aryl methyl sites for hydroxylation is 2. The number of aliphatic hydroxyl groups is 1. The highest BCUT2D eigenvalue weighted by atomic mass is 16.5. The summed E-state index contributed by atoms with van der Waals surface area (Å²) in [7, 11) is 1.55. The van der Waals surface area contributed by atoms with Crippen LogP contribution in [0.5, 0.6) is 5.75 Å². The van der Waals surface area contributed by atoms with Crippen molar-refractivity contribution in [2.24, 2.45) is 7.05 Å². The van der Waals surface area contributed by atoms with Crippen molar-refractivity contribution in [3.05, 3.63) is 50.7 Å². The van der Waals surface area contributed by atoms with E-state index in [1.54, 1.807) is 11.6 Å². The molecule has 2 heterocycles. The van der Waals surface area contributed by atoms with Crippen LogP contribution in [-0.4, -0.2) is 68.0 Å². The van der Waals surface area contributed by atoms with Gasteiger partial charge in [0.05, 0.1) is 6.54 Å². The summed E-state index contributed by atoms with van der Waals surface area (Å²) in [5, 5.41) is 14.0. The smallest absolute Gasteiger partial charge is 0.329 e. The van der Waals surface area contributed by atoms with E-state index in [0.29, 0.717) is 18.2 Å². The van der Waals surface area contributed by atoms with E-state index < -0.39 is 17.4 Å². The van der Waals surface area contributed by atoms with Gasteiger partial charge in [-0.05, 0) is 37.2 Å². The Bertz CT molecular complexity index is 1180. The molecular weight excluding hydrogens is 424 g/mol. The molecule has 0 saturated carbocycles. The number of nitrogens with one attached hydrogen (secondary N) is 2. The Morgan fingerprint density at radius 2 is 2.00 bits per heavy atom. The number of hydrogen-bond donors (Lipinski definition) is 3. The van der Waals surface area contributed by atoms with Gasteiger partial charge in [0.25, 0.3) is 5.56 Å². The molecule has 33 heavy (non-hydrogen) atoms. The van der Waals surface area contributed by atoms with Crippen LogP contribution in [0.1, 0.15) is 26.3 Å². The zero-order chi connectivity index (χ0) is 24.0. The maximum atomic E-state index is 12.6. The van der Waals surface area contributed by atoms with Gasteiger partial charge < -0.3 is 24.6 Å². The van der Waals surface area contributed by atoms with Crippen molar-refractivity contribution in [3.63, 3.8) is 0 Å². The van der Waals surface area contributed by atoms with Crippen molar-refractivity contribution >= 4 is 17.1 Å². The maximum absolute atomic E-state index is 12.6. The lowest BCUT2D eigenvalue weighted by atomic mass is 10.2. The molecule has 0 radical (unpaired) electrons. The van der Waals surface area contributed by atoms with Crippen LogP contribution in [0.25, 0.3) is 11.2 Å². The summed E-state index contributed by atoms with van der Waals surface area (Å²) in [6.45, 7) is 9.65. The molecule has 0 saturated heterocycles. The molecule has 0 aliphatic heterocycles. The lowest BCUT2D eigenvalue weighted by Crippen LogP contribution is -2.31. The Morgan fingerprint density at radius 1 is 1.24 bits per heavy atom. The Balaban J connectivity index is 1.83. The van der Waals surface area contributed by atoms with Gasteiger partial charge in [-0.25, -0.2) is 4.79 Å². The number of anilines is 1. The first kappa shape index (κ1) is 24.5. The van der Waals surface area contributed by atoms with E-state index in [1.165, 1.54) is 4.57 Å². The van der Waals surface area contributed by atoms with Gasteiger partial charge in [0.2, 0.25) is 5.95 Å². The molecule has 3 rings (SSSR count). The molecule has 3 N–H and O–H groups in total. The van der Waals surface area contributed by atoms with Crippen molar-refractivity contribution in [1.29, 1.82) is 0 Å². The lowest BCUT2D eigenvalue weighted by molar-refractivity contribution is 0.0938. The Morgan fingerprint density at radius 3 is 2.70 bits per heavy atom. The minimum Gasteiger partial charge on any atom is -0.491 e. The van der Waals surface area contributed by atoms with Crippen LogP contribution in [0.2, 0.25) is 0 Å². The summed E-state index contributed by atoms with van der Waals surface area (Å²) in [6, 6.07) is 7.73. The number of rotatable bonds is 12. The molecule has 1 unspecified atom stereocenters. The monoisotopic (exact) mass is 458 g/mol. The lowest BCUT2D eigenvalue weighted by Gasteiger charge is -2.19. The van der Waals surface area contributed by atoms with Crippen LogP contribution in [0.4, 0.5) is 5.95 Å². The van der Waals surface area contributed by atoms with E-state index in [9.17, 15) is 14.7 Å². The van der Waals surface area contributed by atoms with Gasteiger partial charge in [-0.3, -0.25) is 14.3 Å². The summed E-state index contributed by atoms with van der Waals surface area (Å²) in [4.78, 5) is 33.7. The van der Waals surface area contributed by atoms with Crippen LogP contribution in [0.3, 0.4) is 0 Å². The fourth-order valence-electron chi connectivity index (χ4n) is 3.72. The molecule has 10 nitrogen and oxygen atoms in total. The largest absolute Gasteiger partial charge is 0.491 e. The summed E-state index contributed by atoms with van der Waals surface area (Å²) in [5.74, 6) is 1.11. The fourth-order valence-corrected chi connectivity index (χ4v) is 3.72. The molecule has 0 fully saturated rings. The van der Waals surface area contributed by atoms with Gasteiger partial charge >= 0.3 is 5.69 Å². The third kappa shape index (κ3) is 5.82. The van der Waals surface area contributed by atoms with Crippen LogP contribution in [-0.2, 0) is 20.0 Å². The number of ether oxygens (including phenoxy) is 1. The summed E-state index contributed by atoms with van der Waals surface area (Å²) in [6.07, 6.45) is -0.00205. The highest BCUT2D eigenvalue weighted by Crippen LogP contribution is 2.17. The van der Waals surface area contributed by atoms with Gasteiger partial charge in [-0.15, -0.1) is 0 Å². The second-order valence-electron chi connectivity index (χ2n) is 7.96. The van der Waals surface area contributed by atoms with Crippen LogP contribution in [0, 0.1) is 0 Å². The predicted molar refractivity (Wildman–Crippen MR) is 129 cm³/mol. The minimum atomic E-state index is -0.896. The Kier molecular flexibility index (Phi) is 8.29. The van der Waals surface area contributed by atoms with E-state index in [1.807, 2.05) is 24.3 Å². The number of aromatic amines is 1. The van der Waals surface area contributed by atoms with Crippen LogP contribution in [0.15, 0.2) is 33.9 Å². The standard InChI is InChI=1S/C23H34N6O4/c1-5-16-9-8-10-18(13-16)33-15-17(30)14-29-19-20(27(4)23(32)26-21(19)31)25-22(29)24-11-12-28(6-2)7-3/h8-10,13,17,30H,5-7,11-12,14-15H2,1-4H3,(H,24,25)(H,26,31,32). The predicted octanol–water partition coefficient (Wildman–Crippen LogP) is 1.18. The van der Waals surface area contributed by atoms with Crippen LogP contribution >= 0.6 is 0 Å². The van der Waals surface area contributed by atoms with E-state index in [0.717, 1.165) is 31.6 Å². The molecule has 0 aliphatic rings. The van der Waals surface area contributed by atoms with Gasteiger partial charge in [0.15, 0.2) is 11.2 Å². The molecule has 0 amide bonds. The molecule has 0 bridgehead atoms. The van der Waals surface area contributed by atoms with Crippen LogP contribution < -0.4 is 21.3 Å². The van der Waals surface area contributed by atoms with Crippen molar-refractivity contribution in [2.75, 3.05) is 38.1 Å². The number of fused-ring (bicyclic) bond motifs is 1. The number of aromatic nitrogens is 4. The molecule has 10 heteroatoms. The minimum absolute atomic E-state index is 0.0510. The maximum Gasteiger partial charge on any atom is 0.329 e. The molecule has 2 aromatic heterocycles. The third-order valence-electron chi connectivity index (χ3n) is 5.76. The number of nitrogens with zero attached hydrogens (tertiary/aromatic N) is 4. The molecule has 3 aromatic rings. The highest BCUT2D eigenvalue weighted by molar-refractivity contribution is 5.74. The van der Waals surface area contributed by atoms with Crippen molar-refractivity contribution < 1.29 is 9.84 Å². The van der Waals surface area contributed by atoms with Crippen molar-refractivity contribution in [3.8, 4) is 5.75 Å². The summed E-state index contributed by atoms with van der Waals surface area (Å²) < 4.78 is 8.68. The number of imidazole rings is 1. The van der Waals surface area contributed by atoms with E-state index in [2.05, 4.69) is 41.0 Å². The van der Waals surface area contributed by atoms with Crippen molar-refractivity contribution in [2.45, 2.75) is 39.8 Å². The average Bonchev–Trinajstić information content (AvgIpc) is 3.17. The SMILES string of the molecule is CCc1cccc(OCC(O)Cn2c(NCCN(CC)CC)nc3c2c(=O)[nH]c(=O)n3C)c1. The van der Waals surface area contributed by atoms with Gasteiger partial charge in [0, 0.05) is 20.1 Å². The highest BCUT2D eigenvalue weighted by Gasteiger charge is 2.20. The van der Waals surface area contributed by atoms with E-state index in [4.69, 9.17) is 4.74 Å². The molecule has 0 aliphatic carbocycles. The Labute approximate surface area is 192 Å². The molecule has 1 atom stereocenters. The van der Waals surface area contributed by atoms with Gasteiger partial charge in [-0.1, -0.05) is 32.9 Å². The molecule has 0 spiro atoms. The van der Waals surface area contributed by atoms with Gasteiger partial charge in [-0.2, -0.15) is 4.98 Å². The normalized spacial score (nSPS) is 12.4. The average molecular weight is 459 g/mol. The number of H-pyrrole nitrogens is 1. The molecule has 1 aromatic carbocycles. The number of hydrogen-bond acceptors (Lipinski definition) is 7. The first-order valence-electron chi connectivity index (χ1n) is 11.4.